The summed E-state index contributed by atoms with van der Waals surface area (Å²) in [7, 11) is 1.90. The molecule has 2 aromatic rings. The Morgan fingerprint density at radius 2 is 2.27 bits per heavy atom. The second-order valence-electron chi connectivity index (χ2n) is 3.43. The van der Waals surface area contributed by atoms with Crippen molar-refractivity contribution in [2.24, 2.45) is 7.05 Å². The lowest BCUT2D eigenvalue weighted by atomic mass is 10.4. The highest BCUT2D eigenvalue weighted by Gasteiger charge is 2.08. The van der Waals surface area contributed by atoms with E-state index >= 15 is 0 Å². The van der Waals surface area contributed by atoms with Crippen LogP contribution in [0.15, 0.2) is 16.9 Å². The Morgan fingerprint density at radius 3 is 2.73 bits per heavy atom. The number of hydrogen-bond acceptors (Lipinski definition) is 3. The Labute approximate surface area is 96.0 Å². The molecule has 0 saturated heterocycles. The number of aromatic nitrogens is 4. The molecule has 0 aromatic carbocycles. The third kappa shape index (κ3) is 1.90. The third-order valence-corrected chi connectivity index (χ3v) is 2.97. The first-order valence-electron chi connectivity index (χ1n) is 4.54. The minimum Gasteiger partial charge on any atom is -0.396 e. The molecule has 2 N–H and O–H groups in total. The summed E-state index contributed by atoms with van der Waals surface area (Å²) in [6, 6.07) is 0. The molecule has 0 radical (unpaired) electrons. The Balaban J connectivity index is 2.29. The first-order valence-corrected chi connectivity index (χ1v) is 5.33. The van der Waals surface area contributed by atoms with Crippen molar-refractivity contribution >= 4 is 21.6 Å². The van der Waals surface area contributed by atoms with Gasteiger partial charge in [-0.05, 0) is 22.9 Å². The second kappa shape index (κ2) is 3.69. The molecule has 2 aromatic heterocycles. The lowest BCUT2D eigenvalue weighted by Crippen LogP contribution is -2.06. The average molecular weight is 270 g/mol. The van der Waals surface area contributed by atoms with Crippen molar-refractivity contribution in [3.63, 3.8) is 0 Å². The topological polar surface area (TPSA) is 61.7 Å². The van der Waals surface area contributed by atoms with E-state index in [1.807, 2.05) is 29.5 Å². The molecule has 0 aliphatic carbocycles. The van der Waals surface area contributed by atoms with E-state index in [4.69, 9.17) is 5.73 Å². The monoisotopic (exact) mass is 269 g/mol. The standard InChI is InChI=1S/C9H12BrN5/c1-6-8(11)4-15(13-6)5-9-7(10)3-12-14(9)2/h3-4H,5,11H2,1-2H3. The normalized spacial score (nSPS) is 10.9. The van der Waals surface area contributed by atoms with E-state index in [9.17, 15) is 0 Å². The molecule has 0 bridgehead atoms. The van der Waals surface area contributed by atoms with Crippen LogP contribution in [0.25, 0.3) is 0 Å². The lowest BCUT2D eigenvalue weighted by Gasteiger charge is -2.02. The number of nitrogens with two attached hydrogens (primary N) is 1. The Bertz CT molecular complexity index is 446. The molecule has 6 heteroatoms. The van der Waals surface area contributed by atoms with Crippen molar-refractivity contribution in [3.8, 4) is 0 Å². The van der Waals surface area contributed by atoms with Crippen molar-refractivity contribution in [1.29, 1.82) is 0 Å². The Morgan fingerprint density at radius 1 is 1.53 bits per heavy atom. The second-order valence-corrected chi connectivity index (χ2v) is 4.28. The summed E-state index contributed by atoms with van der Waals surface area (Å²) in [4.78, 5) is 0. The van der Waals surface area contributed by atoms with Gasteiger partial charge in [0.05, 0.1) is 34.3 Å². The summed E-state index contributed by atoms with van der Waals surface area (Å²) in [6.07, 6.45) is 3.60. The van der Waals surface area contributed by atoms with Crippen LogP contribution in [0.1, 0.15) is 11.4 Å². The van der Waals surface area contributed by atoms with Crippen LogP contribution in [-0.2, 0) is 13.6 Å². The van der Waals surface area contributed by atoms with Gasteiger partial charge in [-0.1, -0.05) is 0 Å². The number of anilines is 1. The molecule has 0 unspecified atom stereocenters. The quantitative estimate of drug-likeness (QED) is 0.895. The zero-order valence-corrected chi connectivity index (χ0v) is 10.2. The smallest absolute Gasteiger partial charge is 0.0840 e. The van der Waals surface area contributed by atoms with Gasteiger partial charge in [0, 0.05) is 13.2 Å². The molecule has 80 valence electrons. The molecular weight excluding hydrogens is 258 g/mol. The number of nitrogens with zero attached hydrogens (tertiary/aromatic N) is 4. The largest absolute Gasteiger partial charge is 0.396 e. The van der Waals surface area contributed by atoms with Gasteiger partial charge in [-0.15, -0.1) is 0 Å². The van der Waals surface area contributed by atoms with Crippen molar-refractivity contribution in [2.45, 2.75) is 13.5 Å². The summed E-state index contributed by atoms with van der Waals surface area (Å²) >= 11 is 3.44. The molecule has 2 rings (SSSR count). The van der Waals surface area contributed by atoms with Gasteiger partial charge in [0.1, 0.15) is 0 Å². The summed E-state index contributed by atoms with van der Waals surface area (Å²) < 4.78 is 4.61. The predicted molar refractivity (Wildman–Crippen MR) is 61.4 cm³/mol. The minimum atomic E-state index is 0.662. The van der Waals surface area contributed by atoms with Gasteiger partial charge < -0.3 is 5.73 Å². The SMILES string of the molecule is Cc1nn(Cc2c(Br)cnn2C)cc1N. The molecule has 0 amide bonds. The number of rotatable bonds is 2. The fourth-order valence-corrected chi connectivity index (χ4v) is 1.86. The average Bonchev–Trinajstić information content (AvgIpc) is 2.64. The van der Waals surface area contributed by atoms with E-state index in [-0.39, 0.29) is 0 Å². The molecule has 0 spiro atoms. The zero-order valence-electron chi connectivity index (χ0n) is 8.61. The van der Waals surface area contributed by atoms with Crippen molar-refractivity contribution in [1.82, 2.24) is 19.6 Å². The first-order chi connectivity index (χ1) is 7.08. The first kappa shape index (κ1) is 10.2. The third-order valence-electron chi connectivity index (χ3n) is 2.31. The van der Waals surface area contributed by atoms with E-state index in [0.29, 0.717) is 12.2 Å². The van der Waals surface area contributed by atoms with Crippen LogP contribution in [0.5, 0.6) is 0 Å². The molecule has 0 aliphatic heterocycles. The predicted octanol–water partition coefficient (Wildman–Crippen LogP) is 1.32. The lowest BCUT2D eigenvalue weighted by molar-refractivity contribution is 0.615. The van der Waals surface area contributed by atoms with Crippen LogP contribution in [0.4, 0.5) is 5.69 Å². The van der Waals surface area contributed by atoms with Gasteiger partial charge in [0.25, 0.3) is 0 Å². The molecule has 2 heterocycles. The van der Waals surface area contributed by atoms with Crippen molar-refractivity contribution in [3.05, 3.63) is 28.3 Å². The molecule has 0 atom stereocenters. The maximum absolute atomic E-state index is 5.73. The molecule has 5 nitrogen and oxygen atoms in total. The van der Waals surface area contributed by atoms with Gasteiger partial charge >= 0.3 is 0 Å². The van der Waals surface area contributed by atoms with E-state index in [1.54, 1.807) is 6.20 Å². The maximum Gasteiger partial charge on any atom is 0.0840 e. The fourth-order valence-electron chi connectivity index (χ4n) is 1.38. The van der Waals surface area contributed by atoms with Crippen molar-refractivity contribution < 1.29 is 0 Å². The van der Waals surface area contributed by atoms with Crippen molar-refractivity contribution in [2.75, 3.05) is 5.73 Å². The van der Waals surface area contributed by atoms with Crippen LogP contribution >= 0.6 is 15.9 Å². The van der Waals surface area contributed by atoms with Crippen LogP contribution in [0.2, 0.25) is 0 Å². The van der Waals surface area contributed by atoms with E-state index in [1.165, 1.54) is 0 Å². The Kier molecular flexibility index (Phi) is 2.52. The summed E-state index contributed by atoms with van der Waals surface area (Å²) in [5, 5.41) is 8.44. The van der Waals surface area contributed by atoms with Gasteiger partial charge in [-0.2, -0.15) is 10.2 Å². The molecule has 0 aliphatic rings. The molecule has 0 saturated carbocycles. The van der Waals surface area contributed by atoms with Gasteiger partial charge in [0.15, 0.2) is 0 Å². The highest BCUT2D eigenvalue weighted by atomic mass is 79.9. The number of halogens is 1. The number of hydrogen-bond donors (Lipinski definition) is 1. The molecule has 15 heavy (non-hydrogen) atoms. The highest BCUT2D eigenvalue weighted by Crippen LogP contribution is 2.17. The summed E-state index contributed by atoms with van der Waals surface area (Å²) in [5.74, 6) is 0. The summed E-state index contributed by atoms with van der Waals surface area (Å²) in [5.41, 5.74) is 8.37. The zero-order chi connectivity index (χ0) is 11.0. The van der Waals surface area contributed by atoms with E-state index in [2.05, 4.69) is 26.1 Å². The van der Waals surface area contributed by atoms with Crippen LogP contribution in [0, 0.1) is 6.92 Å². The van der Waals surface area contributed by atoms with Gasteiger partial charge in [0.2, 0.25) is 0 Å². The maximum atomic E-state index is 5.73. The fraction of sp³-hybridized carbons (Fsp3) is 0.333. The highest BCUT2D eigenvalue weighted by molar-refractivity contribution is 9.10. The number of aryl methyl sites for hydroxylation is 2. The van der Waals surface area contributed by atoms with Crippen LogP contribution in [-0.4, -0.2) is 19.6 Å². The molecule has 0 fully saturated rings. The summed E-state index contributed by atoms with van der Waals surface area (Å²) in [6.45, 7) is 2.55. The minimum absolute atomic E-state index is 0.662. The Hall–Kier alpha value is -1.30. The molecular formula is C9H12BrN5. The van der Waals surface area contributed by atoms with E-state index < -0.39 is 0 Å². The van der Waals surface area contributed by atoms with E-state index in [0.717, 1.165) is 15.9 Å². The van der Waals surface area contributed by atoms with Crippen LogP contribution in [0.3, 0.4) is 0 Å². The number of nitrogen functional groups attached to an aromatic ring is 1. The van der Waals surface area contributed by atoms with Gasteiger partial charge in [-0.3, -0.25) is 9.36 Å². The van der Waals surface area contributed by atoms with Crippen LogP contribution < -0.4 is 5.73 Å². The van der Waals surface area contributed by atoms with Gasteiger partial charge in [-0.25, -0.2) is 0 Å².